The molecule has 0 spiro atoms. The highest BCUT2D eigenvalue weighted by Crippen LogP contribution is 1.58. The molecular weight excluding hydrogens is 82.0 g/mol. The highest BCUT2D eigenvalue weighted by molar-refractivity contribution is 4.10. The Balaban J connectivity index is 2.34. The van der Waals surface area contributed by atoms with Gasteiger partial charge in [-0.2, -0.15) is 0 Å². The van der Waals surface area contributed by atoms with Gasteiger partial charge in [0.25, 0.3) is 0 Å². The maximum absolute atomic E-state index is 7.94. The van der Waals surface area contributed by atoms with Gasteiger partial charge in [-0.15, -0.1) is 0 Å². The third-order valence-electron chi connectivity index (χ3n) is 0.338. The van der Waals surface area contributed by atoms with Crippen molar-refractivity contribution in [1.29, 1.82) is 0 Å². The third kappa shape index (κ3) is 3.88. The quantitative estimate of drug-likeness (QED) is 0.350. The molecular formula is C3H9NO2. The molecule has 0 unspecified atom stereocenters. The van der Waals surface area contributed by atoms with E-state index >= 15 is 0 Å². The largest absolute Gasteiger partial charge is 0.371 e. The van der Waals surface area contributed by atoms with Crippen molar-refractivity contribution in [2.45, 2.75) is 0 Å². The van der Waals surface area contributed by atoms with Crippen molar-refractivity contribution >= 4 is 0 Å². The van der Waals surface area contributed by atoms with Gasteiger partial charge >= 0.3 is 0 Å². The van der Waals surface area contributed by atoms with Crippen molar-refractivity contribution < 1.29 is 9.84 Å². The second kappa shape index (κ2) is 4.88. The zero-order valence-electron chi connectivity index (χ0n) is 3.77. The highest BCUT2D eigenvalue weighted by Gasteiger charge is 1.71. The number of ether oxygens (including phenoxy) is 1. The Morgan fingerprint density at radius 2 is 2.50 bits per heavy atom. The summed E-state index contributed by atoms with van der Waals surface area (Å²) in [5, 5.41) is 10.6. The van der Waals surface area contributed by atoms with Crippen molar-refractivity contribution in [1.82, 2.24) is 5.32 Å². The zero-order valence-corrected chi connectivity index (χ0v) is 3.77. The van der Waals surface area contributed by atoms with Crippen LogP contribution in [-0.4, -0.2) is 25.7 Å². The monoisotopic (exact) mass is 91.1 g/mol. The number of aliphatic hydroxyl groups excluding tert-OH is 1. The summed E-state index contributed by atoms with van der Waals surface area (Å²) in [7, 11) is 1.75. The Labute approximate surface area is 36.9 Å². The summed E-state index contributed by atoms with van der Waals surface area (Å²) in [5.74, 6) is 0. The van der Waals surface area contributed by atoms with E-state index in [-0.39, 0.29) is 6.79 Å². The lowest BCUT2D eigenvalue weighted by Crippen LogP contribution is -2.11. The molecule has 0 aromatic heterocycles. The van der Waals surface area contributed by atoms with E-state index < -0.39 is 0 Å². The first-order valence-electron chi connectivity index (χ1n) is 1.75. The van der Waals surface area contributed by atoms with E-state index in [0.717, 1.165) is 0 Å². The molecule has 0 aromatic rings. The average Bonchev–Trinajstić information content (AvgIpc) is 1.61. The molecule has 0 saturated heterocycles. The first-order chi connectivity index (χ1) is 2.91. The number of aliphatic hydroxyl groups is 1. The summed E-state index contributed by atoms with van der Waals surface area (Å²) >= 11 is 0. The van der Waals surface area contributed by atoms with Gasteiger partial charge in [0.2, 0.25) is 0 Å². The van der Waals surface area contributed by atoms with Gasteiger partial charge in [-0.25, -0.2) is 0 Å². The summed E-state index contributed by atoms with van der Waals surface area (Å²) in [6.07, 6.45) is 0. The molecule has 0 aliphatic carbocycles. The van der Waals surface area contributed by atoms with Gasteiger partial charge in [0, 0.05) is 0 Å². The van der Waals surface area contributed by atoms with Crippen LogP contribution in [0, 0.1) is 0 Å². The first-order valence-corrected chi connectivity index (χ1v) is 1.75. The van der Waals surface area contributed by atoms with Crippen LogP contribution in [0.4, 0.5) is 0 Å². The molecule has 3 nitrogen and oxygen atoms in total. The molecule has 2 N–H and O–H groups in total. The molecule has 0 aliphatic rings. The van der Waals surface area contributed by atoms with Crippen molar-refractivity contribution in [3.05, 3.63) is 0 Å². The normalized spacial score (nSPS) is 9.00. The summed E-state index contributed by atoms with van der Waals surface area (Å²) in [6.45, 7) is 0.206. The third-order valence-corrected chi connectivity index (χ3v) is 0.338. The van der Waals surface area contributed by atoms with Gasteiger partial charge < -0.3 is 9.84 Å². The molecule has 0 fully saturated rings. The second-order valence-corrected chi connectivity index (χ2v) is 0.831. The van der Waals surface area contributed by atoms with E-state index in [0.29, 0.717) is 6.73 Å². The molecule has 6 heavy (non-hydrogen) atoms. The fraction of sp³-hybridized carbons (Fsp3) is 1.00. The zero-order chi connectivity index (χ0) is 4.83. The smallest absolute Gasteiger partial charge is 0.145 e. The SMILES string of the molecule is CNCOCO. The predicted molar refractivity (Wildman–Crippen MR) is 22.1 cm³/mol. The molecule has 0 radical (unpaired) electrons. The minimum atomic E-state index is -0.208. The number of rotatable bonds is 3. The van der Waals surface area contributed by atoms with Gasteiger partial charge in [-0.3, -0.25) is 5.32 Å². The predicted octanol–water partition coefficient (Wildman–Crippen LogP) is -0.870. The van der Waals surface area contributed by atoms with E-state index in [2.05, 4.69) is 10.1 Å². The number of hydrogen-bond donors (Lipinski definition) is 2. The van der Waals surface area contributed by atoms with Crippen molar-refractivity contribution in [2.75, 3.05) is 20.6 Å². The van der Waals surface area contributed by atoms with Crippen molar-refractivity contribution in [2.24, 2.45) is 0 Å². The molecule has 38 valence electrons. The molecule has 0 aromatic carbocycles. The number of hydrogen-bond acceptors (Lipinski definition) is 3. The molecule has 0 aliphatic heterocycles. The Morgan fingerprint density at radius 1 is 1.83 bits per heavy atom. The van der Waals surface area contributed by atoms with E-state index in [1.54, 1.807) is 7.05 Å². The summed E-state index contributed by atoms with van der Waals surface area (Å²) in [5.41, 5.74) is 0. The van der Waals surface area contributed by atoms with Crippen LogP contribution in [-0.2, 0) is 4.74 Å². The lowest BCUT2D eigenvalue weighted by molar-refractivity contribution is -0.00752. The van der Waals surface area contributed by atoms with Crippen LogP contribution < -0.4 is 5.32 Å². The van der Waals surface area contributed by atoms with Crippen molar-refractivity contribution in [3.8, 4) is 0 Å². The van der Waals surface area contributed by atoms with Crippen LogP contribution in [0.5, 0.6) is 0 Å². The van der Waals surface area contributed by atoms with Crippen LogP contribution in [0.3, 0.4) is 0 Å². The first kappa shape index (κ1) is 5.88. The van der Waals surface area contributed by atoms with E-state index in [1.807, 2.05) is 0 Å². The topological polar surface area (TPSA) is 41.5 Å². The van der Waals surface area contributed by atoms with Gasteiger partial charge in [-0.1, -0.05) is 0 Å². The van der Waals surface area contributed by atoms with Crippen LogP contribution in [0.25, 0.3) is 0 Å². The summed E-state index contributed by atoms with van der Waals surface area (Å²) in [6, 6.07) is 0. The molecule has 0 bridgehead atoms. The van der Waals surface area contributed by atoms with E-state index in [9.17, 15) is 0 Å². The average molecular weight is 91.1 g/mol. The highest BCUT2D eigenvalue weighted by atomic mass is 16.6. The van der Waals surface area contributed by atoms with Crippen LogP contribution in [0.1, 0.15) is 0 Å². The Hall–Kier alpha value is -0.120. The van der Waals surface area contributed by atoms with E-state index in [4.69, 9.17) is 5.11 Å². The Kier molecular flexibility index (Phi) is 4.78. The lowest BCUT2D eigenvalue weighted by atomic mass is 11.1. The van der Waals surface area contributed by atoms with Gasteiger partial charge in [0.05, 0.1) is 6.73 Å². The minimum absolute atomic E-state index is 0.208. The molecule has 0 heterocycles. The summed E-state index contributed by atoms with van der Waals surface area (Å²) in [4.78, 5) is 0. The van der Waals surface area contributed by atoms with Gasteiger partial charge in [0.1, 0.15) is 6.79 Å². The fourth-order valence-corrected chi connectivity index (χ4v) is 0.148. The molecule has 0 rings (SSSR count). The van der Waals surface area contributed by atoms with Gasteiger partial charge in [-0.05, 0) is 7.05 Å². The van der Waals surface area contributed by atoms with Crippen LogP contribution >= 0.6 is 0 Å². The minimum Gasteiger partial charge on any atom is -0.371 e. The van der Waals surface area contributed by atoms with Gasteiger partial charge in [0.15, 0.2) is 0 Å². The maximum Gasteiger partial charge on any atom is 0.145 e. The lowest BCUT2D eigenvalue weighted by Gasteiger charge is -1.93. The van der Waals surface area contributed by atoms with Crippen LogP contribution in [0.2, 0.25) is 0 Å². The van der Waals surface area contributed by atoms with Crippen molar-refractivity contribution in [3.63, 3.8) is 0 Å². The molecule has 0 saturated carbocycles. The Morgan fingerprint density at radius 3 is 2.67 bits per heavy atom. The second-order valence-electron chi connectivity index (χ2n) is 0.831. The Bertz CT molecular complexity index is 20.8. The molecule has 0 amide bonds. The summed E-state index contributed by atoms with van der Waals surface area (Å²) < 4.78 is 4.43. The van der Waals surface area contributed by atoms with Crippen LogP contribution in [0.15, 0.2) is 0 Å². The van der Waals surface area contributed by atoms with E-state index in [1.165, 1.54) is 0 Å². The standard InChI is InChI=1S/C3H9NO2/c1-4-2-6-3-5/h4-5H,2-3H2,1H3. The molecule has 0 atom stereocenters. The number of nitrogens with one attached hydrogen (secondary N) is 1. The molecule has 3 heteroatoms. The maximum atomic E-state index is 7.94. The fourth-order valence-electron chi connectivity index (χ4n) is 0.148.